The molecule has 0 saturated carbocycles. The molecule has 0 spiro atoms. The molecule has 4 rings (SSSR count). The lowest BCUT2D eigenvalue weighted by Crippen LogP contribution is -2.34. The number of carbonyl (C=O) groups is 1. The lowest BCUT2D eigenvalue weighted by atomic mass is 9.97. The predicted molar refractivity (Wildman–Crippen MR) is 100 cm³/mol. The summed E-state index contributed by atoms with van der Waals surface area (Å²) in [4.78, 5) is 19.0. The molecule has 1 aliphatic heterocycles. The first-order chi connectivity index (χ1) is 12.6. The van der Waals surface area contributed by atoms with Crippen LogP contribution >= 0.6 is 0 Å². The maximum Gasteiger partial charge on any atom is 0.228 e. The van der Waals surface area contributed by atoms with Crippen LogP contribution in [-0.4, -0.2) is 40.4 Å². The molecular weight excluding hydrogens is 326 g/mol. The van der Waals surface area contributed by atoms with Gasteiger partial charge < -0.3 is 14.0 Å². The third-order valence-electron chi connectivity index (χ3n) is 5.02. The molecule has 0 aliphatic carbocycles. The fraction of sp³-hybridized carbons (Fsp3) is 0.333. The predicted octanol–water partition coefficient (Wildman–Crippen LogP) is 2.96. The van der Waals surface area contributed by atoms with E-state index in [0.29, 0.717) is 19.6 Å². The highest BCUT2D eigenvalue weighted by molar-refractivity contribution is 5.78. The van der Waals surface area contributed by atoms with Crippen LogP contribution in [0.2, 0.25) is 0 Å². The van der Waals surface area contributed by atoms with Crippen molar-refractivity contribution < 1.29 is 9.53 Å². The van der Waals surface area contributed by atoms with Gasteiger partial charge in [0.2, 0.25) is 5.91 Å². The Hall–Kier alpha value is -2.66. The van der Waals surface area contributed by atoms with Crippen molar-refractivity contribution in [3.63, 3.8) is 0 Å². The largest absolute Gasteiger partial charge is 0.371 e. The molecule has 2 aromatic heterocycles. The van der Waals surface area contributed by atoms with Crippen LogP contribution < -0.4 is 0 Å². The second kappa shape index (κ2) is 6.92. The van der Waals surface area contributed by atoms with Crippen LogP contribution in [0, 0.1) is 6.92 Å². The summed E-state index contributed by atoms with van der Waals surface area (Å²) >= 11 is 0. The molecule has 0 N–H and O–H groups in total. The molecule has 5 nitrogen and oxygen atoms in total. The zero-order valence-corrected chi connectivity index (χ0v) is 15.2. The van der Waals surface area contributed by atoms with E-state index in [1.165, 1.54) is 11.1 Å². The van der Waals surface area contributed by atoms with Crippen LogP contribution in [0.25, 0.3) is 5.65 Å². The van der Waals surface area contributed by atoms with E-state index in [1.807, 2.05) is 49.0 Å². The molecule has 0 radical (unpaired) electrons. The van der Waals surface area contributed by atoms with E-state index in [2.05, 4.69) is 23.2 Å². The van der Waals surface area contributed by atoms with Crippen molar-refractivity contribution >= 4 is 11.6 Å². The normalized spacial score (nSPS) is 16.5. The fourth-order valence-corrected chi connectivity index (χ4v) is 3.56. The van der Waals surface area contributed by atoms with E-state index < -0.39 is 0 Å². The van der Waals surface area contributed by atoms with Crippen molar-refractivity contribution in [2.24, 2.45) is 0 Å². The van der Waals surface area contributed by atoms with E-state index in [1.54, 1.807) is 4.90 Å². The van der Waals surface area contributed by atoms with Crippen LogP contribution in [0.3, 0.4) is 0 Å². The van der Waals surface area contributed by atoms with Gasteiger partial charge in [0.25, 0.3) is 0 Å². The average Bonchev–Trinajstić information content (AvgIpc) is 3.06. The maximum absolute atomic E-state index is 12.7. The summed E-state index contributed by atoms with van der Waals surface area (Å²) in [5.41, 5.74) is 5.32. The minimum Gasteiger partial charge on any atom is -0.371 e. The summed E-state index contributed by atoms with van der Waals surface area (Å²) in [6.45, 7) is 3.29. The number of ether oxygens (including phenoxy) is 1. The summed E-state index contributed by atoms with van der Waals surface area (Å²) in [7, 11) is 1.84. The Morgan fingerprint density at radius 3 is 3.00 bits per heavy atom. The number of likely N-dealkylation sites (N-methyl/N-ethyl adjacent to an activating group) is 1. The van der Waals surface area contributed by atoms with Crippen LogP contribution in [0.5, 0.6) is 0 Å². The molecule has 1 amide bonds. The molecule has 1 aliphatic rings. The SMILES string of the molecule is Cc1cccn2cc(CC(=O)N(C)C[C@H]3OCCc4ccccc43)nc12. The van der Waals surface area contributed by atoms with E-state index >= 15 is 0 Å². The second-order valence-corrected chi connectivity index (χ2v) is 6.91. The number of aromatic nitrogens is 2. The van der Waals surface area contributed by atoms with Gasteiger partial charge in [-0.05, 0) is 36.1 Å². The number of imidazole rings is 1. The smallest absolute Gasteiger partial charge is 0.228 e. The van der Waals surface area contributed by atoms with Gasteiger partial charge in [0, 0.05) is 19.4 Å². The summed E-state index contributed by atoms with van der Waals surface area (Å²) < 4.78 is 7.90. The fourth-order valence-electron chi connectivity index (χ4n) is 3.56. The first-order valence-electron chi connectivity index (χ1n) is 8.98. The summed E-state index contributed by atoms with van der Waals surface area (Å²) in [6, 6.07) is 12.3. The van der Waals surface area contributed by atoms with E-state index in [-0.39, 0.29) is 12.0 Å². The van der Waals surface area contributed by atoms with Gasteiger partial charge in [-0.15, -0.1) is 0 Å². The molecular formula is C21H23N3O2. The van der Waals surface area contributed by atoms with Gasteiger partial charge in [-0.3, -0.25) is 4.79 Å². The topological polar surface area (TPSA) is 46.8 Å². The third-order valence-corrected chi connectivity index (χ3v) is 5.02. The molecule has 0 bridgehead atoms. The van der Waals surface area contributed by atoms with Crippen molar-refractivity contribution in [3.05, 3.63) is 71.2 Å². The molecule has 0 saturated heterocycles. The molecule has 0 unspecified atom stereocenters. The number of benzene rings is 1. The lowest BCUT2D eigenvalue weighted by Gasteiger charge is -2.29. The van der Waals surface area contributed by atoms with Crippen LogP contribution in [0.1, 0.15) is 28.5 Å². The highest BCUT2D eigenvalue weighted by Gasteiger charge is 2.24. The summed E-state index contributed by atoms with van der Waals surface area (Å²) in [5, 5.41) is 0. The van der Waals surface area contributed by atoms with Crippen molar-refractivity contribution in [3.8, 4) is 0 Å². The second-order valence-electron chi connectivity index (χ2n) is 6.91. The zero-order valence-electron chi connectivity index (χ0n) is 15.2. The van der Waals surface area contributed by atoms with Gasteiger partial charge >= 0.3 is 0 Å². The molecule has 26 heavy (non-hydrogen) atoms. The number of rotatable bonds is 4. The first kappa shape index (κ1) is 16.8. The van der Waals surface area contributed by atoms with Crippen LogP contribution in [0.15, 0.2) is 48.8 Å². The van der Waals surface area contributed by atoms with Gasteiger partial charge in [-0.25, -0.2) is 4.98 Å². The number of amides is 1. The van der Waals surface area contributed by atoms with Crippen LogP contribution in [0.4, 0.5) is 0 Å². The quantitative estimate of drug-likeness (QED) is 0.727. The lowest BCUT2D eigenvalue weighted by molar-refractivity contribution is -0.131. The molecule has 3 heterocycles. The molecule has 3 aromatic rings. The Morgan fingerprint density at radius 2 is 2.15 bits per heavy atom. The van der Waals surface area contributed by atoms with Gasteiger partial charge in [0.05, 0.1) is 25.3 Å². The van der Waals surface area contributed by atoms with Gasteiger partial charge in [-0.2, -0.15) is 0 Å². The number of nitrogens with zero attached hydrogens (tertiary/aromatic N) is 3. The van der Waals surface area contributed by atoms with Gasteiger partial charge in [0.1, 0.15) is 11.8 Å². The Morgan fingerprint density at radius 1 is 1.31 bits per heavy atom. The van der Waals surface area contributed by atoms with Crippen molar-refractivity contribution in [1.29, 1.82) is 0 Å². The molecule has 1 aromatic carbocycles. The highest BCUT2D eigenvalue weighted by Crippen LogP contribution is 2.27. The number of hydrogen-bond acceptors (Lipinski definition) is 3. The molecule has 5 heteroatoms. The summed E-state index contributed by atoms with van der Waals surface area (Å²) in [5.74, 6) is 0.0534. The van der Waals surface area contributed by atoms with Crippen LogP contribution in [-0.2, 0) is 22.4 Å². The third kappa shape index (κ3) is 3.22. The van der Waals surface area contributed by atoms with E-state index in [0.717, 1.165) is 23.3 Å². The standard InChI is InChI=1S/C21H23N3O2/c1-15-6-5-10-24-13-17(22-21(15)24)12-20(25)23(2)14-19-18-8-4-3-7-16(18)9-11-26-19/h3-8,10,13,19H,9,11-12,14H2,1-2H3/t19-/m1/s1. The number of pyridine rings is 1. The minimum absolute atomic E-state index is 0.0534. The average molecular weight is 349 g/mol. The van der Waals surface area contributed by atoms with Gasteiger partial charge in [0.15, 0.2) is 0 Å². The minimum atomic E-state index is -0.0581. The Kier molecular flexibility index (Phi) is 4.47. The number of aryl methyl sites for hydroxylation is 1. The molecule has 1 atom stereocenters. The summed E-state index contributed by atoms with van der Waals surface area (Å²) in [6.07, 6.45) is 5.06. The Balaban J connectivity index is 1.46. The number of carbonyl (C=O) groups excluding carboxylic acids is 1. The maximum atomic E-state index is 12.7. The molecule has 134 valence electrons. The van der Waals surface area contributed by atoms with Crippen molar-refractivity contribution in [2.75, 3.05) is 20.2 Å². The van der Waals surface area contributed by atoms with E-state index in [4.69, 9.17) is 4.74 Å². The molecule has 0 fully saturated rings. The zero-order chi connectivity index (χ0) is 18.1. The number of hydrogen-bond donors (Lipinski definition) is 0. The van der Waals surface area contributed by atoms with E-state index in [9.17, 15) is 4.79 Å². The number of fused-ring (bicyclic) bond motifs is 2. The van der Waals surface area contributed by atoms with Gasteiger partial charge in [-0.1, -0.05) is 30.3 Å². The Labute approximate surface area is 153 Å². The highest BCUT2D eigenvalue weighted by atomic mass is 16.5. The van der Waals surface area contributed by atoms with Crippen molar-refractivity contribution in [2.45, 2.75) is 25.9 Å². The first-order valence-corrected chi connectivity index (χ1v) is 8.98. The Bertz CT molecular complexity index is 947. The monoisotopic (exact) mass is 349 g/mol. The van der Waals surface area contributed by atoms with Crippen molar-refractivity contribution in [1.82, 2.24) is 14.3 Å².